The van der Waals surface area contributed by atoms with Crippen molar-refractivity contribution in [3.8, 4) is 45.6 Å². The Balaban J connectivity index is 1.43. The van der Waals surface area contributed by atoms with Gasteiger partial charge in [-0.05, 0) is 72.5 Å². The highest BCUT2D eigenvalue weighted by atomic mass is 16.7. The summed E-state index contributed by atoms with van der Waals surface area (Å²) in [5.41, 5.74) is 2.08. The van der Waals surface area contributed by atoms with Crippen LogP contribution in [0.15, 0.2) is 89.4 Å². The summed E-state index contributed by atoms with van der Waals surface area (Å²) in [4.78, 5) is 55.3. The van der Waals surface area contributed by atoms with E-state index < -0.39 is 59.2 Å². The van der Waals surface area contributed by atoms with Crippen LogP contribution in [0.25, 0.3) is 11.1 Å². The normalized spacial score (nSPS) is 17.4. The van der Waals surface area contributed by atoms with E-state index in [1.807, 2.05) is 0 Å². The molecular formula is C44H40O14. The highest BCUT2D eigenvalue weighted by Crippen LogP contribution is 2.65. The Labute approximate surface area is 332 Å². The van der Waals surface area contributed by atoms with Gasteiger partial charge >= 0.3 is 12.1 Å². The molecule has 300 valence electrons. The zero-order valence-electron chi connectivity index (χ0n) is 32.4. The Bertz CT molecular complexity index is 2410. The quantitative estimate of drug-likeness (QED) is 0.0943. The lowest BCUT2D eigenvalue weighted by atomic mass is 9.58. The number of phenolic OH excluding ortho intramolecular Hbond substituents is 3. The molecule has 0 amide bonds. The van der Waals surface area contributed by atoms with Crippen LogP contribution in [0.3, 0.4) is 0 Å². The van der Waals surface area contributed by atoms with Crippen molar-refractivity contribution in [3.63, 3.8) is 0 Å². The number of rotatable bonds is 12. The van der Waals surface area contributed by atoms with Crippen molar-refractivity contribution < 1.29 is 67.7 Å². The molecule has 0 bridgehead atoms. The van der Waals surface area contributed by atoms with E-state index >= 15 is 0 Å². The van der Waals surface area contributed by atoms with Crippen LogP contribution in [0, 0.1) is 0 Å². The van der Waals surface area contributed by atoms with Crippen molar-refractivity contribution in [1.82, 2.24) is 0 Å². The summed E-state index contributed by atoms with van der Waals surface area (Å²) in [6.07, 6.45) is -3.06. The molecule has 0 aromatic heterocycles. The highest BCUT2D eigenvalue weighted by molar-refractivity contribution is 6.18. The van der Waals surface area contributed by atoms with Crippen LogP contribution < -0.4 is 14.2 Å². The number of carbonyl (C=O) groups excluding carboxylic acids is 4. The van der Waals surface area contributed by atoms with E-state index in [2.05, 4.69) is 0 Å². The Morgan fingerprint density at radius 3 is 1.53 bits per heavy atom. The Morgan fingerprint density at radius 2 is 1.09 bits per heavy atom. The lowest BCUT2D eigenvalue weighted by Crippen LogP contribution is -2.36. The summed E-state index contributed by atoms with van der Waals surface area (Å²) in [6.45, 7) is 3.26. The van der Waals surface area contributed by atoms with Gasteiger partial charge in [0.25, 0.3) is 0 Å². The molecule has 0 aliphatic heterocycles. The summed E-state index contributed by atoms with van der Waals surface area (Å²) < 4.78 is 40.2. The molecule has 4 atom stereocenters. The highest BCUT2D eigenvalue weighted by Gasteiger charge is 2.53. The number of hydrogen-bond donors (Lipinski definition) is 3. The SMILES string of the molecule is COC1=C(CC(C)OC(=O)Oc2ccc(O)cc2)C2c3c(c(O)cc(OC)c3-c3c(OC)cc(O)c4c3C2C(CC(C)OC(=O)c2ccccc2)=C(OC)C4=O)C1=O. The van der Waals surface area contributed by atoms with E-state index in [4.69, 9.17) is 33.2 Å². The molecule has 4 aromatic rings. The maximum atomic E-state index is 14.5. The first kappa shape index (κ1) is 39.3. The summed E-state index contributed by atoms with van der Waals surface area (Å²) >= 11 is 0. The molecule has 3 aliphatic rings. The van der Waals surface area contributed by atoms with Crippen molar-refractivity contribution in [1.29, 1.82) is 0 Å². The molecule has 58 heavy (non-hydrogen) atoms. The van der Waals surface area contributed by atoms with E-state index in [1.54, 1.807) is 44.2 Å². The van der Waals surface area contributed by atoms with Gasteiger partial charge in [-0.15, -0.1) is 0 Å². The summed E-state index contributed by atoms with van der Waals surface area (Å²) in [5.74, 6) is -4.56. The van der Waals surface area contributed by atoms with Crippen LogP contribution in [0.5, 0.6) is 34.5 Å². The van der Waals surface area contributed by atoms with Crippen molar-refractivity contribution in [3.05, 3.63) is 117 Å². The third kappa shape index (κ3) is 6.59. The van der Waals surface area contributed by atoms with Crippen LogP contribution >= 0.6 is 0 Å². The number of ether oxygens (including phenoxy) is 7. The number of esters is 1. The van der Waals surface area contributed by atoms with Gasteiger partial charge in [0.1, 0.15) is 46.7 Å². The topological polar surface area (TPSA) is 194 Å². The van der Waals surface area contributed by atoms with Crippen LogP contribution in [-0.2, 0) is 18.9 Å². The number of hydrogen-bond acceptors (Lipinski definition) is 14. The molecular weight excluding hydrogens is 752 g/mol. The number of allylic oxidation sites excluding steroid dienone is 2. The fourth-order valence-electron chi connectivity index (χ4n) is 8.36. The number of phenols is 3. The third-order valence-corrected chi connectivity index (χ3v) is 10.5. The molecule has 14 heteroatoms. The molecule has 3 N–H and O–H groups in total. The summed E-state index contributed by atoms with van der Waals surface area (Å²) in [7, 11) is 5.39. The molecule has 0 heterocycles. The molecule has 0 saturated carbocycles. The molecule has 3 aliphatic carbocycles. The van der Waals surface area contributed by atoms with Gasteiger partial charge in [-0.1, -0.05) is 18.2 Å². The van der Waals surface area contributed by atoms with Gasteiger partial charge in [0.2, 0.25) is 11.6 Å². The third-order valence-electron chi connectivity index (χ3n) is 10.5. The van der Waals surface area contributed by atoms with Gasteiger partial charge in [0, 0.05) is 47.9 Å². The van der Waals surface area contributed by atoms with Crippen LogP contribution in [0.1, 0.15) is 80.7 Å². The van der Waals surface area contributed by atoms with E-state index in [0.29, 0.717) is 39.0 Å². The standard InChI is InChI=1S/C44H40O14/c1-20(56-43(50)22-10-8-7-9-11-22)16-25-31-32-26(17-21(2)57-44(51)58-24-14-12-23(45)13-15-24)42(55-6)40(49)34-28(47)19-30(53-4)36(38(32)34)35-29(52-3)18-27(46)33(37(31)35)39(48)41(25)54-5/h7-15,18-21,31-32,45-47H,16-17H2,1-6H3. The minimum atomic E-state index is -1.06. The minimum absolute atomic E-state index is 0.0289. The van der Waals surface area contributed by atoms with Gasteiger partial charge < -0.3 is 48.5 Å². The van der Waals surface area contributed by atoms with Gasteiger partial charge in [0.05, 0.1) is 45.1 Å². The maximum Gasteiger partial charge on any atom is 0.514 e. The van der Waals surface area contributed by atoms with Gasteiger partial charge in [-0.2, -0.15) is 0 Å². The lowest BCUT2D eigenvalue weighted by molar-refractivity contribution is 0.0335. The van der Waals surface area contributed by atoms with Gasteiger partial charge in [-0.25, -0.2) is 9.59 Å². The lowest BCUT2D eigenvalue weighted by Gasteiger charge is -2.45. The number of benzene rings is 4. The van der Waals surface area contributed by atoms with E-state index in [0.717, 1.165) is 0 Å². The monoisotopic (exact) mass is 792 g/mol. The van der Waals surface area contributed by atoms with Gasteiger partial charge in [0.15, 0.2) is 11.5 Å². The van der Waals surface area contributed by atoms with Gasteiger partial charge in [-0.3, -0.25) is 9.59 Å². The van der Waals surface area contributed by atoms with Crippen molar-refractivity contribution in [2.75, 3.05) is 28.4 Å². The Hall–Kier alpha value is -6.96. The maximum absolute atomic E-state index is 14.5. The fourth-order valence-corrected chi connectivity index (χ4v) is 8.36. The number of carbonyl (C=O) groups is 4. The van der Waals surface area contributed by atoms with Crippen LogP contribution in [0.4, 0.5) is 4.79 Å². The molecule has 0 fully saturated rings. The number of ketones is 2. The van der Waals surface area contributed by atoms with Crippen molar-refractivity contribution in [2.45, 2.75) is 50.7 Å². The van der Waals surface area contributed by atoms with Crippen molar-refractivity contribution in [2.24, 2.45) is 0 Å². The first-order valence-corrected chi connectivity index (χ1v) is 18.3. The van der Waals surface area contributed by atoms with Crippen molar-refractivity contribution >= 4 is 23.7 Å². The minimum Gasteiger partial charge on any atom is -0.508 e. The molecule has 4 unspecified atom stereocenters. The Kier molecular flexibility index (Phi) is 10.5. The summed E-state index contributed by atoms with van der Waals surface area (Å²) in [6, 6.07) is 16.4. The zero-order chi connectivity index (χ0) is 41.6. The fraction of sp³-hybridized carbons (Fsp3) is 0.273. The number of aromatic hydroxyl groups is 3. The Morgan fingerprint density at radius 1 is 0.621 bits per heavy atom. The molecule has 14 nitrogen and oxygen atoms in total. The second-order valence-electron chi connectivity index (χ2n) is 14.0. The largest absolute Gasteiger partial charge is 0.514 e. The molecule has 4 aromatic carbocycles. The second kappa shape index (κ2) is 15.5. The first-order chi connectivity index (χ1) is 27.8. The molecule has 0 radical (unpaired) electrons. The predicted octanol–water partition coefficient (Wildman–Crippen LogP) is 7.49. The smallest absolute Gasteiger partial charge is 0.508 e. The second-order valence-corrected chi connectivity index (χ2v) is 14.0. The average molecular weight is 793 g/mol. The van der Waals surface area contributed by atoms with E-state index in [9.17, 15) is 34.5 Å². The molecule has 0 saturated heterocycles. The number of methoxy groups -OCH3 is 4. The van der Waals surface area contributed by atoms with E-state index in [1.165, 1.54) is 64.8 Å². The average Bonchev–Trinajstić information content (AvgIpc) is 3.19. The first-order valence-electron chi connectivity index (χ1n) is 18.3. The predicted molar refractivity (Wildman–Crippen MR) is 206 cm³/mol. The molecule has 0 spiro atoms. The number of fused-ring (bicyclic) bond motifs is 2. The van der Waals surface area contributed by atoms with E-state index in [-0.39, 0.29) is 58.5 Å². The zero-order valence-corrected chi connectivity index (χ0v) is 32.4. The molecule has 7 rings (SSSR count). The number of Topliss-reactive ketones (excluding diaryl/α,β-unsaturated/α-hetero) is 2. The van der Waals surface area contributed by atoms with Crippen LogP contribution in [-0.4, -0.2) is 79.7 Å². The van der Waals surface area contributed by atoms with Crippen LogP contribution in [0.2, 0.25) is 0 Å². The summed E-state index contributed by atoms with van der Waals surface area (Å²) in [5, 5.41) is 32.8.